The minimum Gasteiger partial charge on any atom is -0.355 e. The van der Waals surface area contributed by atoms with Gasteiger partial charge in [-0.25, -0.2) is 8.78 Å². The van der Waals surface area contributed by atoms with E-state index in [2.05, 4.69) is 34.6 Å². The number of nitrogens with one attached hydrogen (secondary N) is 2. The van der Waals surface area contributed by atoms with Crippen LogP contribution >= 0.6 is 35.7 Å². The summed E-state index contributed by atoms with van der Waals surface area (Å²) in [6, 6.07) is 3.90. The zero-order valence-corrected chi connectivity index (χ0v) is 17.4. The van der Waals surface area contributed by atoms with Crippen molar-refractivity contribution in [3.05, 3.63) is 35.4 Å². The third-order valence-corrected chi connectivity index (χ3v) is 5.52. The second-order valence-corrected chi connectivity index (χ2v) is 7.05. The summed E-state index contributed by atoms with van der Waals surface area (Å²) < 4.78 is 26.2. The fourth-order valence-electron chi connectivity index (χ4n) is 2.55. The fourth-order valence-corrected chi connectivity index (χ4v) is 4.10. The van der Waals surface area contributed by atoms with Gasteiger partial charge < -0.3 is 15.5 Å². The van der Waals surface area contributed by atoms with Crippen molar-refractivity contribution >= 4 is 41.7 Å². The average molecular weight is 470 g/mol. The van der Waals surface area contributed by atoms with Crippen molar-refractivity contribution in [1.82, 2.24) is 15.5 Å². The van der Waals surface area contributed by atoms with Crippen LogP contribution in [0, 0.1) is 11.6 Å². The summed E-state index contributed by atoms with van der Waals surface area (Å²) in [5, 5.41) is 6.48. The number of guanidine groups is 1. The van der Waals surface area contributed by atoms with Crippen LogP contribution in [0.3, 0.4) is 0 Å². The van der Waals surface area contributed by atoms with Gasteiger partial charge in [0.2, 0.25) is 0 Å². The molecule has 1 fully saturated rings. The molecule has 0 aliphatic carbocycles. The van der Waals surface area contributed by atoms with Crippen molar-refractivity contribution in [2.24, 2.45) is 4.99 Å². The van der Waals surface area contributed by atoms with Crippen LogP contribution in [0.2, 0.25) is 0 Å². The van der Waals surface area contributed by atoms with Crippen molar-refractivity contribution in [3.63, 3.8) is 0 Å². The van der Waals surface area contributed by atoms with Crippen LogP contribution < -0.4 is 10.6 Å². The summed E-state index contributed by atoms with van der Waals surface area (Å²) in [6.07, 6.45) is 1.14. The van der Waals surface area contributed by atoms with Gasteiger partial charge in [-0.1, -0.05) is 6.07 Å². The van der Waals surface area contributed by atoms with Crippen molar-refractivity contribution in [2.45, 2.75) is 18.5 Å². The Labute approximate surface area is 163 Å². The molecule has 1 heterocycles. The van der Waals surface area contributed by atoms with Crippen LogP contribution in [0.15, 0.2) is 23.2 Å². The molecule has 1 aliphatic rings. The summed E-state index contributed by atoms with van der Waals surface area (Å²) in [5.41, 5.74) is 0.801. The molecule has 0 bridgehead atoms. The summed E-state index contributed by atoms with van der Waals surface area (Å²) in [6.45, 7) is 1.19. The summed E-state index contributed by atoms with van der Waals surface area (Å²) >= 11 is 1.96. The molecule has 0 spiro atoms. The number of likely N-dealkylation sites (N-methyl/N-ethyl adjacent to an activating group) is 1. The van der Waals surface area contributed by atoms with E-state index in [1.165, 1.54) is 11.8 Å². The second-order valence-electron chi connectivity index (χ2n) is 5.95. The van der Waals surface area contributed by atoms with E-state index in [9.17, 15) is 8.78 Å². The molecule has 1 aromatic carbocycles. The quantitative estimate of drug-likeness (QED) is 0.395. The Morgan fingerprint density at radius 1 is 1.29 bits per heavy atom. The zero-order chi connectivity index (χ0) is 16.9. The van der Waals surface area contributed by atoms with E-state index in [0.29, 0.717) is 18.1 Å². The number of nitrogens with zero attached hydrogens (tertiary/aromatic N) is 2. The fraction of sp³-hybridized carbons (Fsp3) is 0.562. The van der Waals surface area contributed by atoms with Crippen molar-refractivity contribution in [3.8, 4) is 0 Å². The highest BCUT2D eigenvalue weighted by atomic mass is 127. The first-order valence-corrected chi connectivity index (χ1v) is 8.76. The first-order valence-electron chi connectivity index (χ1n) is 7.60. The van der Waals surface area contributed by atoms with Crippen LogP contribution in [0.4, 0.5) is 8.78 Å². The Bertz CT molecular complexity index is 563. The Balaban J connectivity index is 0.00000288. The number of thioether (sulfide) groups is 1. The lowest BCUT2D eigenvalue weighted by Crippen LogP contribution is -2.54. The molecule has 1 aromatic rings. The molecule has 8 heteroatoms. The highest BCUT2D eigenvalue weighted by Crippen LogP contribution is 2.31. The van der Waals surface area contributed by atoms with E-state index in [4.69, 9.17) is 0 Å². The highest BCUT2D eigenvalue weighted by molar-refractivity contribution is 14.0. The van der Waals surface area contributed by atoms with Crippen molar-refractivity contribution in [1.29, 1.82) is 0 Å². The molecule has 24 heavy (non-hydrogen) atoms. The summed E-state index contributed by atoms with van der Waals surface area (Å²) in [7, 11) is 5.91. The van der Waals surface area contributed by atoms with Crippen LogP contribution in [-0.4, -0.2) is 55.6 Å². The molecular formula is C16H25F2IN4S. The number of benzene rings is 1. The van der Waals surface area contributed by atoms with E-state index in [-0.39, 0.29) is 29.5 Å². The lowest BCUT2D eigenvalue weighted by atomic mass is 9.97. The Morgan fingerprint density at radius 3 is 2.58 bits per heavy atom. The maximum absolute atomic E-state index is 13.2. The number of aliphatic imine (C=N–C) groups is 1. The van der Waals surface area contributed by atoms with Crippen LogP contribution in [0.1, 0.15) is 12.0 Å². The average Bonchev–Trinajstić information content (AvgIpc) is 3.01. The minimum absolute atomic E-state index is 0. The van der Waals surface area contributed by atoms with Gasteiger partial charge in [-0.05, 0) is 44.0 Å². The van der Waals surface area contributed by atoms with Gasteiger partial charge in [-0.15, -0.1) is 24.0 Å². The monoisotopic (exact) mass is 470 g/mol. The Morgan fingerprint density at radius 2 is 2.04 bits per heavy atom. The van der Waals surface area contributed by atoms with Crippen LogP contribution in [-0.2, 0) is 6.54 Å². The second kappa shape index (κ2) is 9.76. The van der Waals surface area contributed by atoms with Gasteiger partial charge in [0.15, 0.2) is 17.6 Å². The molecule has 2 rings (SSSR count). The standard InChI is InChI=1S/C16H24F2N4S.HI/c1-19-15(20-9-12-4-5-13(17)14(18)8-12)21-10-16(22(2)3)6-7-23-11-16;/h4-5,8H,6-7,9-11H2,1-3H3,(H2,19,20,21);1H. The topological polar surface area (TPSA) is 39.7 Å². The molecule has 0 radical (unpaired) electrons. The molecule has 0 aromatic heterocycles. The normalized spacial score (nSPS) is 20.8. The van der Waals surface area contributed by atoms with Gasteiger partial charge in [-0.3, -0.25) is 4.99 Å². The largest absolute Gasteiger partial charge is 0.355 e. The lowest BCUT2D eigenvalue weighted by molar-refractivity contribution is 0.183. The Hall–Kier alpha value is -0.610. The summed E-state index contributed by atoms with van der Waals surface area (Å²) in [4.78, 5) is 6.46. The van der Waals surface area contributed by atoms with E-state index < -0.39 is 11.6 Å². The van der Waals surface area contributed by atoms with Crippen molar-refractivity contribution < 1.29 is 8.78 Å². The molecule has 136 valence electrons. The lowest BCUT2D eigenvalue weighted by Gasteiger charge is -2.36. The molecule has 1 saturated heterocycles. The Kier molecular flexibility index (Phi) is 8.72. The predicted octanol–water partition coefficient (Wildman–Crippen LogP) is 2.69. The van der Waals surface area contributed by atoms with E-state index >= 15 is 0 Å². The number of rotatable bonds is 5. The first kappa shape index (κ1) is 21.4. The number of hydrogen-bond acceptors (Lipinski definition) is 3. The van der Waals surface area contributed by atoms with Gasteiger partial charge in [0.1, 0.15) is 0 Å². The van der Waals surface area contributed by atoms with E-state index in [1.54, 1.807) is 13.1 Å². The minimum atomic E-state index is -0.832. The number of halogens is 3. The zero-order valence-electron chi connectivity index (χ0n) is 14.2. The van der Waals surface area contributed by atoms with Gasteiger partial charge >= 0.3 is 0 Å². The molecule has 0 saturated carbocycles. The third-order valence-electron chi connectivity index (χ3n) is 4.28. The van der Waals surface area contributed by atoms with E-state index in [0.717, 1.165) is 24.8 Å². The molecular weight excluding hydrogens is 445 g/mol. The highest BCUT2D eigenvalue weighted by Gasteiger charge is 2.36. The van der Waals surface area contributed by atoms with Gasteiger partial charge in [0, 0.05) is 31.4 Å². The molecule has 4 nitrogen and oxygen atoms in total. The van der Waals surface area contributed by atoms with Crippen LogP contribution in [0.25, 0.3) is 0 Å². The smallest absolute Gasteiger partial charge is 0.191 e. The molecule has 1 atom stereocenters. The van der Waals surface area contributed by atoms with Gasteiger partial charge in [0.25, 0.3) is 0 Å². The van der Waals surface area contributed by atoms with E-state index in [1.807, 2.05) is 11.8 Å². The molecule has 1 unspecified atom stereocenters. The number of hydrogen-bond donors (Lipinski definition) is 2. The summed E-state index contributed by atoms with van der Waals surface area (Å²) in [5.74, 6) is 1.26. The molecule has 0 amide bonds. The maximum Gasteiger partial charge on any atom is 0.191 e. The van der Waals surface area contributed by atoms with Gasteiger partial charge in [0.05, 0.1) is 0 Å². The van der Waals surface area contributed by atoms with Crippen LogP contribution in [0.5, 0.6) is 0 Å². The molecule has 2 N–H and O–H groups in total. The maximum atomic E-state index is 13.2. The predicted molar refractivity (Wildman–Crippen MR) is 108 cm³/mol. The van der Waals surface area contributed by atoms with Crippen molar-refractivity contribution in [2.75, 3.05) is 39.2 Å². The first-order chi connectivity index (χ1) is 11.0. The SMILES string of the molecule is CN=C(NCc1ccc(F)c(F)c1)NCC1(N(C)C)CCSC1.I. The third kappa shape index (κ3) is 5.45. The molecule has 1 aliphatic heterocycles. The van der Waals surface area contributed by atoms with Gasteiger partial charge in [-0.2, -0.15) is 11.8 Å².